The number of rotatable bonds is 13. The molecule has 8 rings (SSSR count). The average molecular weight is 1030 g/mol. The molecule has 4 amide bonds. The van der Waals surface area contributed by atoms with Gasteiger partial charge in [-0.05, 0) is 94.0 Å². The van der Waals surface area contributed by atoms with Gasteiger partial charge in [0.25, 0.3) is 0 Å². The lowest BCUT2D eigenvalue weighted by atomic mass is 9.79. The van der Waals surface area contributed by atoms with E-state index in [0.29, 0.717) is 62.7 Å². The minimum absolute atomic E-state index is 0.0177. The van der Waals surface area contributed by atoms with Gasteiger partial charge >= 0.3 is 0 Å². The third-order valence-corrected chi connectivity index (χ3v) is 15.9. The fourth-order valence-corrected chi connectivity index (χ4v) is 11.5. The van der Waals surface area contributed by atoms with E-state index in [1.807, 2.05) is 80.2 Å². The number of hydrogen-bond acceptors (Lipinski definition) is 11. The molecule has 3 fully saturated rings. The predicted molar refractivity (Wildman–Crippen MR) is 272 cm³/mol. The molecule has 2 aliphatic heterocycles. The van der Waals surface area contributed by atoms with Gasteiger partial charge in [-0.15, -0.1) is 11.3 Å². The van der Waals surface area contributed by atoms with E-state index in [0.717, 1.165) is 27.3 Å². The molecule has 0 bridgehead atoms. The molecule has 1 aliphatic carbocycles. The fourth-order valence-electron chi connectivity index (χ4n) is 10.0. The number of hydrogen-bond donors (Lipinski definition) is 4. The largest absolute Gasteiger partial charge is 0.482 e. The summed E-state index contributed by atoms with van der Waals surface area (Å²) in [6, 6.07) is 10.2. The summed E-state index contributed by atoms with van der Waals surface area (Å²) in [6.07, 6.45) is 7.35. The first-order valence-electron chi connectivity index (χ1n) is 24.3. The minimum atomic E-state index is -0.945. The van der Waals surface area contributed by atoms with Crippen molar-refractivity contribution in [3.63, 3.8) is 0 Å². The van der Waals surface area contributed by atoms with Crippen LogP contribution in [0.15, 0.2) is 66.6 Å². The van der Waals surface area contributed by atoms with E-state index in [2.05, 4.69) is 25.7 Å². The summed E-state index contributed by atoms with van der Waals surface area (Å²) in [5.74, 6) is -1.69. The number of ether oxygens (including phenoxy) is 1. The van der Waals surface area contributed by atoms with Crippen LogP contribution >= 0.6 is 34.5 Å². The summed E-state index contributed by atoms with van der Waals surface area (Å²) in [6.45, 7) is 12.3. The maximum atomic E-state index is 14.4. The summed E-state index contributed by atoms with van der Waals surface area (Å²) >= 11 is 14.1. The van der Waals surface area contributed by atoms with E-state index in [-0.39, 0.29) is 76.2 Å². The number of likely N-dealkylation sites (tertiary alicyclic amines) is 2. The van der Waals surface area contributed by atoms with Crippen molar-refractivity contribution < 1.29 is 33.4 Å². The van der Waals surface area contributed by atoms with Gasteiger partial charge in [-0.1, -0.05) is 68.2 Å². The Morgan fingerprint density at radius 3 is 2.25 bits per heavy atom. The van der Waals surface area contributed by atoms with E-state index in [1.54, 1.807) is 36.7 Å². The third-order valence-electron chi connectivity index (χ3n) is 14.2. The van der Waals surface area contributed by atoms with Crippen LogP contribution in [0, 0.1) is 30.0 Å². The summed E-state index contributed by atoms with van der Waals surface area (Å²) in [4.78, 5) is 69.0. The number of piperidine rings is 1. The quantitative estimate of drug-likeness (QED) is 0.0827. The van der Waals surface area contributed by atoms with Crippen LogP contribution in [0.2, 0.25) is 10.0 Å². The van der Waals surface area contributed by atoms with Crippen molar-refractivity contribution in [3.05, 3.63) is 99.2 Å². The number of nitrogens with one attached hydrogen (secondary N) is 2. The molecule has 2 aromatic carbocycles. The summed E-state index contributed by atoms with van der Waals surface area (Å²) in [5.41, 5.74) is 12.0. The van der Waals surface area contributed by atoms with E-state index < -0.39 is 41.4 Å². The first kappa shape index (κ1) is 51.7. The van der Waals surface area contributed by atoms with Crippen molar-refractivity contribution in [2.45, 2.75) is 123 Å². The molecule has 1 saturated carbocycles. The Labute approximate surface area is 427 Å². The Kier molecular flexibility index (Phi) is 15.7. The standard InChI is InChI=1S/C52H62Cl2FN9O6S/c1-28(31-7-9-32(10-8-31)45-29(2)58-27-71-45)60-49(67)41-22-38(65)26-63(41)51(69)46(52(4,5)6)61-48(66)33-11-13-34(14-12-33)50(68)62-19-17-37(18-20-62)64-25-36(24-59-64)35-21-42(47(56)57-23-35)70-30(3)43-39(53)15-16-40(55)44(43)54/h7-10,15-16,21,23-25,27-28,30,33-34,37-38,41,46,65H,11-14,17-20,22,26H2,1-6H3,(H2,56,57)(H,60,67)(H,61,66)/t28-,30-,33?,34?,38+,41-,46+/m0/s1. The van der Waals surface area contributed by atoms with Gasteiger partial charge in [-0.3, -0.25) is 23.9 Å². The van der Waals surface area contributed by atoms with Gasteiger partial charge in [0.1, 0.15) is 24.0 Å². The molecular weight excluding hydrogens is 969 g/mol. The lowest BCUT2D eigenvalue weighted by Gasteiger charge is -2.38. The van der Waals surface area contributed by atoms with Gasteiger partial charge in [0.2, 0.25) is 23.6 Å². The number of amides is 4. The second kappa shape index (κ2) is 21.6. The van der Waals surface area contributed by atoms with Gasteiger partial charge in [0, 0.05) is 72.0 Å². The molecule has 3 aromatic heterocycles. The van der Waals surface area contributed by atoms with Crippen LogP contribution in [0.4, 0.5) is 10.2 Å². The van der Waals surface area contributed by atoms with Crippen LogP contribution in [0.25, 0.3) is 21.6 Å². The fraction of sp³-hybridized carbons (Fsp3) is 0.481. The van der Waals surface area contributed by atoms with Crippen molar-refractivity contribution in [1.82, 2.24) is 40.2 Å². The second-order valence-corrected chi connectivity index (χ2v) is 21.9. The zero-order chi connectivity index (χ0) is 50.9. The van der Waals surface area contributed by atoms with Crippen LogP contribution in [0.5, 0.6) is 5.75 Å². The number of aliphatic hydroxyl groups is 1. The molecule has 3 aliphatic rings. The summed E-state index contributed by atoms with van der Waals surface area (Å²) in [7, 11) is 0. The topological polar surface area (TPSA) is 198 Å². The lowest BCUT2D eigenvalue weighted by Crippen LogP contribution is -2.58. The van der Waals surface area contributed by atoms with Crippen molar-refractivity contribution in [2.24, 2.45) is 17.3 Å². The van der Waals surface area contributed by atoms with E-state index in [1.165, 1.54) is 17.0 Å². The number of carbonyl (C=O) groups is 4. The number of aromatic nitrogens is 4. The highest BCUT2D eigenvalue weighted by Crippen LogP contribution is 2.38. The maximum absolute atomic E-state index is 14.4. The SMILES string of the molecule is Cc1ncsc1-c1ccc([C@H](C)NC(=O)[C@@H]2C[C@@H](O)CN2C(=O)[C@@H](NC(=O)C2CCC(C(=O)N3CCC(n4cc(-c5cnc(N)c(O[C@@H](C)c6c(Cl)ccc(F)c6Cl)c5)cn4)CC3)CC2)C(C)(C)C)cc1. The Bertz CT molecular complexity index is 2750. The molecule has 5 aromatic rings. The van der Waals surface area contributed by atoms with Crippen LogP contribution in [0.3, 0.4) is 0 Å². The van der Waals surface area contributed by atoms with E-state index >= 15 is 0 Å². The number of anilines is 1. The number of nitrogen functional groups attached to an aromatic ring is 1. The van der Waals surface area contributed by atoms with Gasteiger partial charge in [0.05, 0.1) is 45.5 Å². The molecule has 71 heavy (non-hydrogen) atoms. The minimum Gasteiger partial charge on any atom is -0.482 e. The summed E-state index contributed by atoms with van der Waals surface area (Å²) < 4.78 is 22.2. The monoisotopic (exact) mass is 1030 g/mol. The van der Waals surface area contributed by atoms with Gasteiger partial charge in [0.15, 0.2) is 11.6 Å². The molecule has 15 nitrogen and oxygen atoms in total. The molecule has 378 valence electrons. The normalized spacial score (nSPS) is 21.1. The molecule has 0 spiro atoms. The highest BCUT2D eigenvalue weighted by molar-refractivity contribution is 7.13. The number of β-amino-alcohol motifs (C(OH)–C–C–N with tert-alkyl or cyclic N) is 1. The number of nitrogens with zero attached hydrogens (tertiary/aromatic N) is 6. The Balaban J connectivity index is 0.815. The maximum Gasteiger partial charge on any atom is 0.246 e. The second-order valence-electron chi connectivity index (χ2n) is 20.3. The molecule has 2 saturated heterocycles. The number of halogens is 3. The van der Waals surface area contributed by atoms with Crippen molar-refractivity contribution in [2.75, 3.05) is 25.4 Å². The van der Waals surface area contributed by atoms with Gasteiger partial charge in [-0.25, -0.2) is 14.4 Å². The molecule has 5 atom stereocenters. The third kappa shape index (κ3) is 11.5. The summed E-state index contributed by atoms with van der Waals surface area (Å²) in [5, 5.41) is 21.6. The number of thiazole rings is 1. The lowest BCUT2D eigenvalue weighted by molar-refractivity contribution is -0.145. The molecular formula is C52H62Cl2FN9O6S. The number of aliphatic hydroxyl groups excluding tert-OH is 1. The number of benzene rings is 2. The van der Waals surface area contributed by atoms with Crippen molar-refractivity contribution in [1.29, 1.82) is 0 Å². The molecule has 5 N–H and O–H groups in total. The zero-order valence-electron chi connectivity index (χ0n) is 40.8. The predicted octanol–water partition coefficient (Wildman–Crippen LogP) is 8.89. The molecule has 0 unspecified atom stereocenters. The Morgan fingerprint density at radius 1 is 0.901 bits per heavy atom. The molecule has 0 radical (unpaired) electrons. The Hall–Kier alpha value is -5.62. The van der Waals surface area contributed by atoms with E-state index in [9.17, 15) is 28.7 Å². The number of pyridine rings is 1. The first-order valence-corrected chi connectivity index (χ1v) is 25.9. The van der Waals surface area contributed by atoms with Crippen LogP contribution in [0.1, 0.15) is 115 Å². The van der Waals surface area contributed by atoms with Crippen LogP contribution < -0.4 is 21.1 Å². The number of nitrogens with two attached hydrogens (primary N) is 1. The van der Waals surface area contributed by atoms with Gasteiger partial charge in [-0.2, -0.15) is 5.10 Å². The molecule has 19 heteroatoms. The number of carbonyl (C=O) groups excluding carboxylic acids is 4. The van der Waals surface area contributed by atoms with Gasteiger partial charge < -0.3 is 36.0 Å². The zero-order valence-corrected chi connectivity index (χ0v) is 43.2. The molecule has 5 heterocycles. The van der Waals surface area contributed by atoms with Crippen LogP contribution in [-0.4, -0.2) is 96.1 Å². The average Bonchev–Trinajstić information content (AvgIpc) is 4.12. The Morgan fingerprint density at radius 2 is 1.59 bits per heavy atom. The van der Waals surface area contributed by atoms with Crippen LogP contribution in [-0.2, 0) is 19.2 Å². The number of aryl methyl sites for hydroxylation is 1. The van der Waals surface area contributed by atoms with E-state index in [4.69, 9.17) is 33.7 Å². The van der Waals surface area contributed by atoms with Crippen molar-refractivity contribution in [3.8, 4) is 27.3 Å². The first-order chi connectivity index (χ1) is 33.8. The smallest absolute Gasteiger partial charge is 0.246 e. The highest BCUT2D eigenvalue weighted by atomic mass is 35.5. The van der Waals surface area contributed by atoms with Crippen molar-refractivity contribution >= 4 is 64.0 Å². The highest BCUT2D eigenvalue weighted by Gasteiger charge is 2.45.